The predicted octanol–water partition coefficient (Wildman–Crippen LogP) is 1.01. The molecule has 62 valence electrons. The van der Waals surface area contributed by atoms with Crippen LogP contribution in [0.2, 0.25) is 0 Å². The molecule has 2 nitrogen and oxygen atoms in total. The molecule has 0 aromatic heterocycles. The summed E-state index contributed by atoms with van der Waals surface area (Å²) in [6.07, 6.45) is 7.88. The van der Waals surface area contributed by atoms with Crippen LogP contribution in [0.15, 0.2) is 35.5 Å². The summed E-state index contributed by atoms with van der Waals surface area (Å²) >= 11 is 1.82. The summed E-state index contributed by atoms with van der Waals surface area (Å²) in [4.78, 5) is 10.8. The first-order valence-electron chi connectivity index (χ1n) is 3.79. The van der Waals surface area contributed by atoms with Crippen LogP contribution >= 0.6 is 11.8 Å². The molecule has 1 unspecified atom stereocenters. The summed E-state index contributed by atoms with van der Waals surface area (Å²) < 4.78 is 0. The summed E-state index contributed by atoms with van der Waals surface area (Å²) in [5.41, 5.74) is 7.09. The third-order valence-electron chi connectivity index (χ3n) is 1.99. The smallest absolute Gasteiger partial charge is 0.248 e. The Hall–Kier alpha value is -0.960. The molecule has 2 aliphatic rings. The third-order valence-corrected chi connectivity index (χ3v) is 3.12. The van der Waals surface area contributed by atoms with Gasteiger partial charge in [-0.2, -0.15) is 0 Å². The van der Waals surface area contributed by atoms with E-state index in [1.165, 1.54) is 5.57 Å². The Morgan fingerprint density at radius 2 is 2.42 bits per heavy atom. The van der Waals surface area contributed by atoms with Crippen LogP contribution in [-0.2, 0) is 4.79 Å². The molecule has 0 spiro atoms. The van der Waals surface area contributed by atoms with Gasteiger partial charge in [0, 0.05) is 16.6 Å². The van der Waals surface area contributed by atoms with Gasteiger partial charge in [0.15, 0.2) is 0 Å². The van der Waals surface area contributed by atoms with Gasteiger partial charge in [-0.05, 0) is 11.6 Å². The number of primary amides is 1. The van der Waals surface area contributed by atoms with Gasteiger partial charge in [-0.15, -0.1) is 11.8 Å². The van der Waals surface area contributed by atoms with Crippen LogP contribution in [0, 0.1) is 0 Å². The van der Waals surface area contributed by atoms with Crippen LogP contribution in [-0.4, -0.2) is 16.9 Å². The number of hydrogen-bond donors (Lipinski definition) is 1. The molecule has 0 saturated heterocycles. The maximum Gasteiger partial charge on any atom is 0.248 e. The molecule has 0 aromatic carbocycles. The number of carbonyl (C=O) groups excluding carboxylic acids is 1. The van der Waals surface area contributed by atoms with E-state index in [4.69, 9.17) is 5.73 Å². The van der Waals surface area contributed by atoms with Crippen LogP contribution in [0.5, 0.6) is 0 Å². The number of amides is 1. The molecule has 2 rings (SSSR count). The van der Waals surface area contributed by atoms with Gasteiger partial charge < -0.3 is 5.73 Å². The van der Waals surface area contributed by atoms with E-state index in [0.717, 1.165) is 5.75 Å². The minimum Gasteiger partial charge on any atom is -0.366 e. The number of hydrogen-bond acceptors (Lipinski definition) is 2. The van der Waals surface area contributed by atoms with Gasteiger partial charge in [0.25, 0.3) is 0 Å². The number of allylic oxidation sites excluding steroid dienone is 1. The summed E-state index contributed by atoms with van der Waals surface area (Å²) in [5.74, 6) is 0.699. The van der Waals surface area contributed by atoms with Crippen molar-refractivity contribution in [1.82, 2.24) is 0 Å². The number of carbonyl (C=O) groups is 1. The number of fused-ring (bicyclic) bond motifs is 1. The SMILES string of the molecule is NC(=O)C1=CC2SCC=C2C=C1. The van der Waals surface area contributed by atoms with Crippen LogP contribution in [0.1, 0.15) is 0 Å². The molecule has 0 aromatic rings. The maximum absolute atomic E-state index is 10.8. The molecule has 0 saturated carbocycles. The van der Waals surface area contributed by atoms with E-state index in [1.54, 1.807) is 6.08 Å². The fraction of sp³-hybridized carbons (Fsp3) is 0.222. The van der Waals surface area contributed by atoms with Gasteiger partial charge in [0.2, 0.25) is 5.91 Å². The highest BCUT2D eigenvalue weighted by atomic mass is 32.2. The van der Waals surface area contributed by atoms with E-state index in [-0.39, 0.29) is 5.91 Å². The lowest BCUT2D eigenvalue weighted by atomic mass is 10.0. The zero-order chi connectivity index (χ0) is 8.55. The highest BCUT2D eigenvalue weighted by Gasteiger charge is 2.20. The second-order valence-electron chi connectivity index (χ2n) is 2.78. The van der Waals surface area contributed by atoms with Gasteiger partial charge in [-0.25, -0.2) is 0 Å². The second-order valence-corrected chi connectivity index (χ2v) is 3.95. The largest absolute Gasteiger partial charge is 0.366 e. The molecule has 12 heavy (non-hydrogen) atoms. The Bertz CT molecular complexity index is 314. The highest BCUT2D eigenvalue weighted by Crippen LogP contribution is 2.32. The Balaban J connectivity index is 2.28. The van der Waals surface area contributed by atoms with Gasteiger partial charge >= 0.3 is 0 Å². The number of rotatable bonds is 1. The maximum atomic E-state index is 10.8. The lowest BCUT2D eigenvalue weighted by Crippen LogP contribution is -2.16. The van der Waals surface area contributed by atoms with E-state index < -0.39 is 0 Å². The molecule has 1 amide bonds. The van der Waals surface area contributed by atoms with E-state index >= 15 is 0 Å². The first-order valence-corrected chi connectivity index (χ1v) is 4.83. The van der Waals surface area contributed by atoms with Gasteiger partial charge in [0.1, 0.15) is 0 Å². The standard InChI is InChI=1S/C9H9NOS/c10-9(11)7-2-1-6-3-4-12-8(6)5-7/h1-3,5,8H,4H2,(H2,10,11). The first kappa shape index (κ1) is 7.68. The molecule has 2 N–H and O–H groups in total. The third kappa shape index (κ3) is 1.20. The monoisotopic (exact) mass is 179 g/mol. The Morgan fingerprint density at radius 3 is 3.17 bits per heavy atom. The van der Waals surface area contributed by atoms with Crippen molar-refractivity contribution in [3.05, 3.63) is 35.5 Å². The highest BCUT2D eigenvalue weighted by molar-refractivity contribution is 8.00. The van der Waals surface area contributed by atoms with Crippen molar-refractivity contribution >= 4 is 17.7 Å². The average molecular weight is 179 g/mol. The first-order chi connectivity index (χ1) is 5.77. The lowest BCUT2D eigenvalue weighted by molar-refractivity contribution is -0.114. The van der Waals surface area contributed by atoms with Crippen molar-refractivity contribution in [2.45, 2.75) is 5.25 Å². The zero-order valence-electron chi connectivity index (χ0n) is 6.49. The topological polar surface area (TPSA) is 43.1 Å². The van der Waals surface area contributed by atoms with E-state index in [9.17, 15) is 4.79 Å². The molecule has 3 heteroatoms. The quantitative estimate of drug-likeness (QED) is 0.652. The van der Waals surface area contributed by atoms with Crippen LogP contribution in [0.25, 0.3) is 0 Å². The molecule has 1 heterocycles. The van der Waals surface area contributed by atoms with Crippen molar-refractivity contribution in [1.29, 1.82) is 0 Å². The van der Waals surface area contributed by atoms with Crippen molar-refractivity contribution in [3.8, 4) is 0 Å². The molecule has 1 atom stereocenters. The Kier molecular flexibility index (Phi) is 1.81. The van der Waals surface area contributed by atoms with Gasteiger partial charge in [0.05, 0.1) is 0 Å². The summed E-state index contributed by atoms with van der Waals surface area (Å²) in [7, 11) is 0. The Morgan fingerprint density at radius 1 is 1.58 bits per heavy atom. The predicted molar refractivity (Wildman–Crippen MR) is 50.7 cm³/mol. The number of thioether (sulfide) groups is 1. The summed E-state index contributed by atoms with van der Waals surface area (Å²) in [5, 5.41) is 0.359. The molecule has 0 bridgehead atoms. The van der Waals surface area contributed by atoms with Crippen molar-refractivity contribution in [2.24, 2.45) is 5.73 Å². The molecular formula is C9H9NOS. The normalized spacial score (nSPS) is 26.2. The lowest BCUT2D eigenvalue weighted by Gasteiger charge is -2.11. The summed E-state index contributed by atoms with van der Waals surface area (Å²) in [6, 6.07) is 0. The van der Waals surface area contributed by atoms with Crippen LogP contribution in [0.3, 0.4) is 0 Å². The molecule has 0 fully saturated rings. The number of nitrogens with two attached hydrogens (primary N) is 1. The second kappa shape index (κ2) is 2.83. The minimum atomic E-state index is -0.335. The minimum absolute atomic E-state index is 0.335. The fourth-order valence-corrected chi connectivity index (χ4v) is 2.44. The van der Waals surface area contributed by atoms with E-state index in [2.05, 4.69) is 6.08 Å². The fourth-order valence-electron chi connectivity index (χ4n) is 1.34. The summed E-state index contributed by atoms with van der Waals surface area (Å²) in [6.45, 7) is 0. The molecule has 0 radical (unpaired) electrons. The molecule has 1 aliphatic heterocycles. The van der Waals surface area contributed by atoms with Gasteiger partial charge in [-0.1, -0.05) is 18.2 Å². The molecular weight excluding hydrogens is 170 g/mol. The van der Waals surface area contributed by atoms with Crippen LogP contribution in [0.4, 0.5) is 0 Å². The van der Waals surface area contributed by atoms with Crippen molar-refractivity contribution in [3.63, 3.8) is 0 Å². The van der Waals surface area contributed by atoms with Crippen molar-refractivity contribution in [2.75, 3.05) is 5.75 Å². The average Bonchev–Trinajstić information content (AvgIpc) is 2.49. The van der Waals surface area contributed by atoms with Gasteiger partial charge in [-0.3, -0.25) is 4.79 Å². The Labute approximate surface area is 75.2 Å². The van der Waals surface area contributed by atoms with E-state index in [0.29, 0.717) is 10.8 Å². The van der Waals surface area contributed by atoms with Crippen molar-refractivity contribution < 1.29 is 4.79 Å². The molecule has 1 aliphatic carbocycles. The van der Waals surface area contributed by atoms with Crippen LogP contribution < -0.4 is 5.73 Å². The zero-order valence-corrected chi connectivity index (χ0v) is 7.30. The van der Waals surface area contributed by atoms with E-state index in [1.807, 2.05) is 23.9 Å².